The van der Waals surface area contributed by atoms with E-state index in [2.05, 4.69) is 14.9 Å². The molecule has 2 heterocycles. The van der Waals surface area contributed by atoms with E-state index < -0.39 is 0 Å². The molecule has 1 saturated heterocycles. The fourth-order valence-corrected chi connectivity index (χ4v) is 5.26. The minimum Gasteiger partial charge on any atom is -0.334 e. The lowest BCUT2D eigenvalue weighted by molar-refractivity contribution is 0.0646. The third kappa shape index (κ3) is 2.93. The number of hydrogen-bond acceptors (Lipinski definition) is 4. The van der Waals surface area contributed by atoms with Gasteiger partial charge in [0.05, 0.1) is 11.3 Å². The number of benzene rings is 1. The number of carbonyl (C=O) groups excluding carboxylic acids is 1. The molecule has 1 amide bonds. The van der Waals surface area contributed by atoms with Crippen molar-refractivity contribution in [3.05, 3.63) is 48.4 Å². The molecule has 2 aliphatic rings. The van der Waals surface area contributed by atoms with Crippen LogP contribution < -0.4 is 0 Å². The Bertz CT molecular complexity index is 720. The van der Waals surface area contributed by atoms with E-state index >= 15 is 0 Å². The van der Waals surface area contributed by atoms with Gasteiger partial charge in [0.2, 0.25) is 0 Å². The zero-order valence-electron chi connectivity index (χ0n) is 13.6. The molecular formula is C19H21N3OS. The third-order valence-corrected chi connectivity index (χ3v) is 6.38. The fraction of sp³-hybridized carbons (Fsp3) is 0.421. The molecule has 1 aromatic carbocycles. The molecule has 0 bridgehead atoms. The molecule has 1 aliphatic carbocycles. The van der Waals surface area contributed by atoms with Crippen LogP contribution >= 0.6 is 11.8 Å². The van der Waals surface area contributed by atoms with Gasteiger partial charge in [0.15, 0.2) is 0 Å². The van der Waals surface area contributed by atoms with Crippen LogP contribution in [-0.2, 0) is 0 Å². The van der Waals surface area contributed by atoms with E-state index in [1.807, 2.05) is 42.1 Å². The Morgan fingerprint density at radius 2 is 2.00 bits per heavy atom. The van der Waals surface area contributed by atoms with Crippen molar-refractivity contribution in [2.24, 2.45) is 0 Å². The van der Waals surface area contributed by atoms with Gasteiger partial charge in [-0.05, 0) is 12.8 Å². The summed E-state index contributed by atoms with van der Waals surface area (Å²) in [4.78, 5) is 23.9. The van der Waals surface area contributed by atoms with Gasteiger partial charge in [-0.2, -0.15) is 11.8 Å². The first-order valence-electron chi connectivity index (χ1n) is 8.62. The third-order valence-electron chi connectivity index (χ3n) is 4.98. The lowest BCUT2D eigenvalue weighted by Crippen LogP contribution is -2.51. The Labute approximate surface area is 146 Å². The number of nitrogens with zero attached hydrogens (tertiary/aromatic N) is 3. The van der Waals surface area contributed by atoms with Crippen molar-refractivity contribution in [1.82, 2.24) is 14.9 Å². The molecule has 2 fully saturated rings. The molecule has 1 aromatic heterocycles. The number of amides is 1. The van der Waals surface area contributed by atoms with E-state index in [1.54, 1.807) is 6.20 Å². The van der Waals surface area contributed by atoms with Crippen molar-refractivity contribution < 1.29 is 4.79 Å². The lowest BCUT2D eigenvalue weighted by atomic mass is 9.92. The van der Waals surface area contributed by atoms with Crippen molar-refractivity contribution in [2.45, 2.75) is 37.0 Å². The van der Waals surface area contributed by atoms with E-state index in [1.165, 1.54) is 25.6 Å². The Morgan fingerprint density at radius 1 is 1.17 bits per heavy atom. The predicted octanol–water partition coefficient (Wildman–Crippen LogP) is 3.64. The van der Waals surface area contributed by atoms with E-state index in [4.69, 9.17) is 0 Å². The highest BCUT2D eigenvalue weighted by Gasteiger charge is 2.37. The van der Waals surface area contributed by atoms with Crippen LogP contribution in [0.2, 0.25) is 0 Å². The molecular weight excluding hydrogens is 318 g/mol. The fourth-order valence-electron chi connectivity index (χ4n) is 3.82. The van der Waals surface area contributed by atoms with Gasteiger partial charge in [-0.3, -0.25) is 4.79 Å². The number of carbonyl (C=O) groups is 1. The highest BCUT2D eigenvalue weighted by atomic mass is 32.2. The Kier molecular flexibility index (Phi) is 4.52. The molecule has 1 aliphatic heterocycles. The number of hydrogen-bond donors (Lipinski definition) is 0. The van der Waals surface area contributed by atoms with Crippen LogP contribution in [0.25, 0.3) is 11.3 Å². The van der Waals surface area contributed by atoms with Crippen molar-refractivity contribution >= 4 is 17.7 Å². The second-order valence-electron chi connectivity index (χ2n) is 6.41. The normalized spacial score (nSPS) is 23.6. The largest absolute Gasteiger partial charge is 0.334 e. The summed E-state index contributed by atoms with van der Waals surface area (Å²) in [5, 5.41) is 0.598. The Morgan fingerprint density at radius 3 is 2.88 bits per heavy atom. The van der Waals surface area contributed by atoms with Gasteiger partial charge in [-0.1, -0.05) is 43.2 Å². The highest BCUT2D eigenvalue weighted by molar-refractivity contribution is 8.00. The predicted molar refractivity (Wildman–Crippen MR) is 97.0 cm³/mol. The van der Waals surface area contributed by atoms with Crippen LogP contribution in [0.4, 0.5) is 0 Å². The zero-order valence-corrected chi connectivity index (χ0v) is 14.4. The monoisotopic (exact) mass is 339 g/mol. The van der Waals surface area contributed by atoms with Crippen molar-refractivity contribution in [3.8, 4) is 11.3 Å². The maximum atomic E-state index is 13.3. The summed E-state index contributed by atoms with van der Waals surface area (Å²) in [5.74, 6) is 1.12. The van der Waals surface area contributed by atoms with Gasteiger partial charge in [0, 0.05) is 35.3 Å². The molecule has 0 radical (unpaired) electrons. The molecule has 4 rings (SSSR count). The van der Waals surface area contributed by atoms with Crippen molar-refractivity contribution in [2.75, 3.05) is 12.3 Å². The Balaban J connectivity index is 1.67. The number of fused-ring (bicyclic) bond motifs is 1. The maximum Gasteiger partial charge on any atom is 0.257 e. The van der Waals surface area contributed by atoms with Crippen LogP contribution in [0.15, 0.2) is 42.9 Å². The summed E-state index contributed by atoms with van der Waals surface area (Å²) in [6.07, 6.45) is 8.07. The minimum absolute atomic E-state index is 0.0895. The van der Waals surface area contributed by atoms with Crippen molar-refractivity contribution in [1.29, 1.82) is 0 Å². The molecule has 124 valence electrons. The molecule has 4 nitrogen and oxygen atoms in total. The first-order valence-corrected chi connectivity index (χ1v) is 9.67. The molecule has 2 atom stereocenters. The Hall–Kier alpha value is -1.88. The average molecular weight is 339 g/mol. The van der Waals surface area contributed by atoms with Gasteiger partial charge >= 0.3 is 0 Å². The smallest absolute Gasteiger partial charge is 0.257 e. The summed E-state index contributed by atoms with van der Waals surface area (Å²) in [7, 11) is 0. The van der Waals surface area contributed by atoms with Gasteiger partial charge in [-0.25, -0.2) is 9.97 Å². The van der Waals surface area contributed by atoms with Crippen LogP contribution in [0.1, 0.15) is 36.0 Å². The molecule has 1 saturated carbocycles. The highest BCUT2D eigenvalue weighted by Crippen LogP contribution is 2.36. The molecule has 2 aromatic rings. The second-order valence-corrected chi connectivity index (χ2v) is 7.76. The first-order chi connectivity index (χ1) is 11.8. The summed E-state index contributed by atoms with van der Waals surface area (Å²) < 4.78 is 0. The van der Waals surface area contributed by atoms with Crippen LogP contribution in [0.5, 0.6) is 0 Å². The van der Waals surface area contributed by atoms with Crippen LogP contribution in [-0.4, -0.2) is 44.4 Å². The SMILES string of the molecule is O=C(c1cncnc1-c1ccccc1)N1CCS[C@@H]2CCCC[C@H]21. The molecule has 0 N–H and O–H groups in total. The number of rotatable bonds is 2. The van der Waals surface area contributed by atoms with Gasteiger partial charge in [0.25, 0.3) is 5.91 Å². The first kappa shape index (κ1) is 15.6. The van der Waals surface area contributed by atoms with E-state index in [9.17, 15) is 4.79 Å². The number of thioether (sulfide) groups is 1. The summed E-state index contributed by atoms with van der Waals surface area (Å²) in [6.45, 7) is 0.827. The molecule has 0 spiro atoms. The second kappa shape index (κ2) is 6.93. The standard InChI is InChI=1S/C19H21N3OS/c23-19(22-10-11-24-17-9-5-4-8-16(17)22)15-12-20-13-21-18(15)14-6-2-1-3-7-14/h1-3,6-7,12-13,16-17H,4-5,8-11H2/t16-,17-/m1/s1. The summed E-state index contributed by atoms with van der Waals surface area (Å²) in [6, 6.07) is 10.3. The summed E-state index contributed by atoms with van der Waals surface area (Å²) in [5.41, 5.74) is 2.33. The van der Waals surface area contributed by atoms with Crippen LogP contribution in [0, 0.1) is 0 Å². The van der Waals surface area contributed by atoms with E-state index in [0.717, 1.165) is 30.0 Å². The number of aromatic nitrogens is 2. The van der Waals surface area contributed by atoms with E-state index in [-0.39, 0.29) is 5.91 Å². The lowest BCUT2D eigenvalue weighted by Gasteiger charge is -2.43. The quantitative estimate of drug-likeness (QED) is 0.838. The average Bonchev–Trinajstić information content (AvgIpc) is 2.68. The van der Waals surface area contributed by atoms with Crippen LogP contribution in [0.3, 0.4) is 0 Å². The molecule has 24 heavy (non-hydrogen) atoms. The topological polar surface area (TPSA) is 46.1 Å². The minimum atomic E-state index is 0.0895. The van der Waals surface area contributed by atoms with E-state index in [0.29, 0.717) is 16.9 Å². The maximum absolute atomic E-state index is 13.3. The van der Waals surface area contributed by atoms with Gasteiger partial charge in [-0.15, -0.1) is 0 Å². The van der Waals surface area contributed by atoms with Gasteiger partial charge < -0.3 is 4.90 Å². The molecule has 5 heteroatoms. The zero-order chi connectivity index (χ0) is 16.4. The van der Waals surface area contributed by atoms with Crippen molar-refractivity contribution in [3.63, 3.8) is 0 Å². The van der Waals surface area contributed by atoms with Gasteiger partial charge in [0.1, 0.15) is 6.33 Å². The molecule has 0 unspecified atom stereocenters. The summed E-state index contributed by atoms with van der Waals surface area (Å²) >= 11 is 2.04.